The fourth-order valence-electron chi connectivity index (χ4n) is 3.52. The van der Waals surface area contributed by atoms with E-state index < -0.39 is 0 Å². The van der Waals surface area contributed by atoms with Gasteiger partial charge in [0.15, 0.2) is 0 Å². The molecule has 0 spiro atoms. The van der Waals surface area contributed by atoms with Gasteiger partial charge in [-0.3, -0.25) is 0 Å². The van der Waals surface area contributed by atoms with E-state index in [9.17, 15) is 4.79 Å². The molecule has 144 valence electrons. The standard InChI is InChI=1S/C22H28N2O2S/c1-14(2)17-11-18-16(10-22(25)26-20(18)9-15(17)3)12-23-13-19(24(4)5)21-7-6-8-27-21/h6-11,14,19,23H,12-13H2,1-5H3/t19-/m0/s1. The van der Waals surface area contributed by atoms with Crippen molar-refractivity contribution in [3.8, 4) is 0 Å². The average molecular weight is 385 g/mol. The van der Waals surface area contributed by atoms with Gasteiger partial charge in [0.05, 0.1) is 6.04 Å². The van der Waals surface area contributed by atoms with Gasteiger partial charge in [0.2, 0.25) is 0 Å². The summed E-state index contributed by atoms with van der Waals surface area (Å²) in [6.45, 7) is 7.90. The van der Waals surface area contributed by atoms with Gasteiger partial charge in [-0.15, -0.1) is 11.3 Å². The number of nitrogens with zero attached hydrogens (tertiary/aromatic N) is 1. The second-order valence-corrected chi connectivity index (χ2v) is 8.56. The van der Waals surface area contributed by atoms with E-state index in [0.717, 1.165) is 23.1 Å². The van der Waals surface area contributed by atoms with Crippen molar-refractivity contribution in [3.05, 3.63) is 67.7 Å². The topological polar surface area (TPSA) is 45.5 Å². The number of hydrogen-bond donors (Lipinski definition) is 1. The van der Waals surface area contributed by atoms with Crippen LogP contribution in [0.5, 0.6) is 0 Å². The van der Waals surface area contributed by atoms with Gasteiger partial charge < -0.3 is 14.6 Å². The summed E-state index contributed by atoms with van der Waals surface area (Å²) in [6.07, 6.45) is 0. The van der Waals surface area contributed by atoms with Crippen LogP contribution in [-0.4, -0.2) is 25.5 Å². The third kappa shape index (κ3) is 4.49. The summed E-state index contributed by atoms with van der Waals surface area (Å²) in [4.78, 5) is 15.6. The van der Waals surface area contributed by atoms with Crippen LogP contribution in [0.25, 0.3) is 11.0 Å². The molecule has 1 atom stereocenters. The minimum atomic E-state index is -0.293. The van der Waals surface area contributed by atoms with Crippen molar-refractivity contribution in [2.45, 2.75) is 39.3 Å². The van der Waals surface area contributed by atoms with Crippen LogP contribution < -0.4 is 10.9 Å². The lowest BCUT2D eigenvalue weighted by Crippen LogP contribution is -2.30. The molecule has 0 fully saturated rings. The zero-order valence-electron chi connectivity index (χ0n) is 16.7. The maximum atomic E-state index is 12.0. The zero-order chi connectivity index (χ0) is 19.6. The molecule has 3 rings (SSSR count). The van der Waals surface area contributed by atoms with Gasteiger partial charge in [-0.2, -0.15) is 0 Å². The fourth-order valence-corrected chi connectivity index (χ4v) is 4.44. The Morgan fingerprint density at radius 2 is 2.00 bits per heavy atom. The molecule has 5 heteroatoms. The van der Waals surface area contributed by atoms with Gasteiger partial charge >= 0.3 is 5.63 Å². The summed E-state index contributed by atoms with van der Waals surface area (Å²) >= 11 is 1.77. The van der Waals surface area contributed by atoms with Crippen LogP contribution in [0.3, 0.4) is 0 Å². The summed E-state index contributed by atoms with van der Waals surface area (Å²) in [6, 6.07) is 10.3. The summed E-state index contributed by atoms with van der Waals surface area (Å²) in [7, 11) is 4.19. The van der Waals surface area contributed by atoms with Crippen molar-refractivity contribution in [1.82, 2.24) is 10.2 Å². The molecule has 0 aliphatic heterocycles. The van der Waals surface area contributed by atoms with Gasteiger partial charge in [-0.1, -0.05) is 19.9 Å². The lowest BCUT2D eigenvalue weighted by molar-refractivity contribution is 0.292. The maximum absolute atomic E-state index is 12.0. The molecule has 0 unspecified atom stereocenters. The highest BCUT2D eigenvalue weighted by Gasteiger charge is 2.16. The third-order valence-electron chi connectivity index (χ3n) is 4.99. The first-order valence-corrected chi connectivity index (χ1v) is 10.2. The Kier molecular flexibility index (Phi) is 6.15. The summed E-state index contributed by atoms with van der Waals surface area (Å²) in [5.74, 6) is 0.430. The first-order chi connectivity index (χ1) is 12.9. The molecule has 0 amide bonds. The predicted octanol–water partition coefficient (Wildman–Crippen LogP) is 4.68. The molecule has 2 heterocycles. The largest absolute Gasteiger partial charge is 0.423 e. The molecule has 2 aromatic heterocycles. The molecule has 3 aromatic rings. The first-order valence-electron chi connectivity index (χ1n) is 9.34. The third-order valence-corrected chi connectivity index (χ3v) is 5.96. The second-order valence-electron chi connectivity index (χ2n) is 7.58. The van der Waals surface area contributed by atoms with Gasteiger partial charge in [-0.05, 0) is 67.2 Å². The highest BCUT2D eigenvalue weighted by Crippen LogP contribution is 2.27. The Bertz CT molecular complexity index is 958. The number of benzene rings is 1. The van der Waals surface area contributed by atoms with E-state index in [1.807, 2.05) is 6.07 Å². The van der Waals surface area contributed by atoms with Crippen LogP contribution in [0.1, 0.15) is 47.4 Å². The molecule has 1 N–H and O–H groups in total. The van der Waals surface area contributed by atoms with E-state index in [1.54, 1.807) is 17.4 Å². The molecular formula is C22H28N2O2S. The predicted molar refractivity (Wildman–Crippen MR) is 114 cm³/mol. The summed E-state index contributed by atoms with van der Waals surface area (Å²) in [5, 5.41) is 6.67. The van der Waals surface area contributed by atoms with Crippen molar-refractivity contribution in [1.29, 1.82) is 0 Å². The van der Waals surface area contributed by atoms with Gasteiger partial charge in [0.25, 0.3) is 0 Å². The molecule has 27 heavy (non-hydrogen) atoms. The van der Waals surface area contributed by atoms with Crippen molar-refractivity contribution < 1.29 is 4.42 Å². The smallest absolute Gasteiger partial charge is 0.336 e. The number of aryl methyl sites for hydroxylation is 1. The highest BCUT2D eigenvalue weighted by atomic mass is 32.1. The van der Waals surface area contributed by atoms with Gasteiger partial charge in [0, 0.05) is 29.4 Å². The van der Waals surface area contributed by atoms with Crippen LogP contribution >= 0.6 is 11.3 Å². The Hall–Kier alpha value is -1.95. The van der Waals surface area contributed by atoms with Crippen molar-refractivity contribution in [2.75, 3.05) is 20.6 Å². The van der Waals surface area contributed by atoms with Crippen LogP contribution in [-0.2, 0) is 6.54 Å². The second kappa shape index (κ2) is 8.38. The van der Waals surface area contributed by atoms with Crippen LogP contribution in [0, 0.1) is 6.92 Å². The molecule has 0 aliphatic rings. The average Bonchev–Trinajstić information content (AvgIpc) is 3.11. The van der Waals surface area contributed by atoms with E-state index in [2.05, 4.69) is 68.7 Å². The van der Waals surface area contributed by atoms with Crippen LogP contribution in [0.2, 0.25) is 0 Å². The van der Waals surface area contributed by atoms with Gasteiger partial charge in [-0.25, -0.2) is 4.79 Å². The van der Waals surface area contributed by atoms with E-state index in [-0.39, 0.29) is 5.63 Å². The molecule has 0 aliphatic carbocycles. The van der Waals surface area contributed by atoms with E-state index >= 15 is 0 Å². The van der Waals surface area contributed by atoms with Gasteiger partial charge in [0.1, 0.15) is 5.58 Å². The SMILES string of the molecule is Cc1cc2oc(=O)cc(CNC[C@@H](c3cccs3)N(C)C)c2cc1C(C)C. The quantitative estimate of drug-likeness (QED) is 0.601. The molecule has 1 aromatic carbocycles. The Labute approximate surface area is 164 Å². The molecule has 0 saturated heterocycles. The molecular weight excluding hydrogens is 356 g/mol. The maximum Gasteiger partial charge on any atom is 0.336 e. The Morgan fingerprint density at radius 1 is 1.22 bits per heavy atom. The number of rotatable bonds is 7. The lowest BCUT2D eigenvalue weighted by Gasteiger charge is -2.23. The van der Waals surface area contributed by atoms with Crippen molar-refractivity contribution in [3.63, 3.8) is 0 Å². The van der Waals surface area contributed by atoms with Crippen molar-refractivity contribution in [2.24, 2.45) is 0 Å². The first kappa shape index (κ1) is 19.8. The fraction of sp³-hybridized carbons (Fsp3) is 0.409. The molecule has 0 radical (unpaired) electrons. The van der Waals surface area contributed by atoms with E-state index in [1.165, 1.54) is 10.4 Å². The highest BCUT2D eigenvalue weighted by molar-refractivity contribution is 7.10. The van der Waals surface area contributed by atoms with E-state index in [0.29, 0.717) is 24.1 Å². The molecule has 0 saturated carbocycles. The normalized spacial score (nSPS) is 13.0. The Balaban J connectivity index is 1.85. The minimum absolute atomic E-state index is 0.293. The number of nitrogens with one attached hydrogen (secondary N) is 1. The lowest BCUT2D eigenvalue weighted by atomic mass is 9.95. The van der Waals surface area contributed by atoms with E-state index in [4.69, 9.17) is 4.42 Å². The molecule has 4 nitrogen and oxygen atoms in total. The zero-order valence-corrected chi connectivity index (χ0v) is 17.5. The number of likely N-dealkylation sites (N-methyl/N-ethyl adjacent to an activating group) is 1. The van der Waals surface area contributed by atoms with Crippen LogP contribution in [0.15, 0.2) is 44.9 Å². The number of hydrogen-bond acceptors (Lipinski definition) is 5. The van der Waals surface area contributed by atoms with Crippen LogP contribution in [0.4, 0.5) is 0 Å². The summed E-state index contributed by atoms with van der Waals surface area (Å²) < 4.78 is 5.45. The molecule has 0 bridgehead atoms. The summed E-state index contributed by atoms with van der Waals surface area (Å²) in [5.41, 5.74) is 3.83. The number of fused-ring (bicyclic) bond motifs is 1. The van der Waals surface area contributed by atoms with Crippen molar-refractivity contribution >= 4 is 22.3 Å². The monoisotopic (exact) mass is 384 g/mol. The Morgan fingerprint density at radius 3 is 2.63 bits per heavy atom. The number of thiophene rings is 1. The minimum Gasteiger partial charge on any atom is -0.423 e.